The van der Waals surface area contributed by atoms with Gasteiger partial charge in [0, 0.05) is 13.1 Å². The third-order valence-electron chi connectivity index (χ3n) is 1.84. The highest BCUT2D eigenvalue weighted by Crippen LogP contribution is 1.99. The first-order valence-electron chi connectivity index (χ1n) is 4.82. The lowest BCUT2D eigenvalue weighted by Gasteiger charge is -2.17. The lowest BCUT2D eigenvalue weighted by molar-refractivity contribution is 0.0792. The minimum absolute atomic E-state index is 0.545. The average Bonchev–Trinajstić information content (AvgIpc) is 2.49. The highest BCUT2D eigenvalue weighted by molar-refractivity contribution is 4.84. The monoisotopic (exact) mass is 198 g/mol. The summed E-state index contributed by atoms with van der Waals surface area (Å²) in [4.78, 5) is 4.11. The quantitative estimate of drug-likeness (QED) is 0.707. The zero-order valence-electron chi connectivity index (χ0n) is 8.99. The number of aryl methyl sites for hydroxylation is 1. The smallest absolute Gasteiger partial charge is 0.140 e. The first-order valence-corrected chi connectivity index (χ1v) is 4.82. The summed E-state index contributed by atoms with van der Waals surface area (Å²) in [5.41, 5.74) is -0.683. The van der Waals surface area contributed by atoms with Crippen molar-refractivity contribution in [3.05, 3.63) is 12.2 Å². The zero-order valence-corrected chi connectivity index (χ0v) is 8.99. The second-order valence-electron chi connectivity index (χ2n) is 3.91. The Hall–Kier alpha value is -0.940. The lowest BCUT2D eigenvalue weighted by atomic mass is 10.1. The molecule has 0 aliphatic carbocycles. The summed E-state index contributed by atoms with van der Waals surface area (Å²) in [6, 6.07) is 0. The maximum atomic E-state index is 9.47. The van der Waals surface area contributed by atoms with Crippen LogP contribution in [0.3, 0.4) is 0 Å². The van der Waals surface area contributed by atoms with Crippen LogP contribution >= 0.6 is 0 Å². The van der Waals surface area contributed by atoms with E-state index in [1.165, 1.54) is 0 Å². The van der Waals surface area contributed by atoms with E-state index in [-0.39, 0.29) is 0 Å². The van der Waals surface area contributed by atoms with Crippen LogP contribution in [0.2, 0.25) is 0 Å². The van der Waals surface area contributed by atoms with Crippen LogP contribution in [0.15, 0.2) is 6.33 Å². The van der Waals surface area contributed by atoms with Crippen molar-refractivity contribution < 1.29 is 5.11 Å². The van der Waals surface area contributed by atoms with E-state index >= 15 is 0 Å². The van der Waals surface area contributed by atoms with Gasteiger partial charge in [0.2, 0.25) is 0 Å². The van der Waals surface area contributed by atoms with Gasteiger partial charge in [-0.05, 0) is 20.8 Å². The predicted molar refractivity (Wildman–Crippen MR) is 53.7 cm³/mol. The molecule has 14 heavy (non-hydrogen) atoms. The van der Waals surface area contributed by atoms with Crippen LogP contribution in [-0.4, -0.2) is 32.0 Å². The number of aliphatic hydroxyl groups is 1. The minimum Gasteiger partial charge on any atom is -0.389 e. The van der Waals surface area contributed by atoms with Gasteiger partial charge in [0.1, 0.15) is 12.2 Å². The molecule has 2 N–H and O–H groups in total. The molecule has 0 atom stereocenters. The number of hydrogen-bond donors (Lipinski definition) is 2. The van der Waals surface area contributed by atoms with Crippen LogP contribution in [0.1, 0.15) is 26.6 Å². The number of rotatable bonds is 5. The summed E-state index contributed by atoms with van der Waals surface area (Å²) in [7, 11) is 0. The molecule has 0 fully saturated rings. The van der Waals surface area contributed by atoms with Crippen LogP contribution in [0.25, 0.3) is 0 Å². The molecule has 0 aliphatic heterocycles. The van der Waals surface area contributed by atoms with Gasteiger partial charge in [0.25, 0.3) is 0 Å². The van der Waals surface area contributed by atoms with E-state index < -0.39 is 5.60 Å². The third-order valence-corrected chi connectivity index (χ3v) is 1.84. The molecule has 80 valence electrons. The Morgan fingerprint density at radius 3 is 2.86 bits per heavy atom. The van der Waals surface area contributed by atoms with Crippen LogP contribution in [-0.2, 0) is 13.1 Å². The van der Waals surface area contributed by atoms with Crippen molar-refractivity contribution in [3.63, 3.8) is 0 Å². The Labute approximate surface area is 84.2 Å². The molecule has 1 heterocycles. The zero-order chi connectivity index (χ0) is 10.6. The molecule has 0 saturated heterocycles. The van der Waals surface area contributed by atoms with Gasteiger partial charge in [-0.2, -0.15) is 5.10 Å². The molecular weight excluding hydrogens is 180 g/mol. The van der Waals surface area contributed by atoms with E-state index in [4.69, 9.17) is 0 Å². The summed E-state index contributed by atoms with van der Waals surface area (Å²) in [6.45, 7) is 7.56. The van der Waals surface area contributed by atoms with Gasteiger partial charge in [0.05, 0.1) is 12.1 Å². The van der Waals surface area contributed by atoms with Gasteiger partial charge in [0.15, 0.2) is 0 Å². The highest BCUT2D eigenvalue weighted by Gasteiger charge is 2.11. The second-order valence-corrected chi connectivity index (χ2v) is 3.91. The van der Waals surface area contributed by atoms with E-state index in [0.717, 1.165) is 12.4 Å². The maximum absolute atomic E-state index is 9.47. The molecule has 0 radical (unpaired) electrons. The first kappa shape index (κ1) is 11.1. The van der Waals surface area contributed by atoms with E-state index in [0.29, 0.717) is 13.1 Å². The van der Waals surface area contributed by atoms with Gasteiger partial charge in [-0.3, -0.25) is 0 Å². The van der Waals surface area contributed by atoms with Crippen LogP contribution < -0.4 is 5.32 Å². The topological polar surface area (TPSA) is 63.0 Å². The van der Waals surface area contributed by atoms with E-state index in [2.05, 4.69) is 15.4 Å². The summed E-state index contributed by atoms with van der Waals surface area (Å²) < 4.78 is 1.83. The molecule has 0 aromatic carbocycles. The minimum atomic E-state index is -0.683. The molecule has 0 spiro atoms. The SMILES string of the molecule is CCn1ncnc1CNCC(C)(C)O. The fourth-order valence-electron chi connectivity index (χ4n) is 1.17. The van der Waals surface area contributed by atoms with Crippen LogP contribution in [0, 0.1) is 0 Å². The summed E-state index contributed by atoms with van der Waals surface area (Å²) in [5.74, 6) is 0.900. The van der Waals surface area contributed by atoms with Gasteiger partial charge < -0.3 is 10.4 Å². The van der Waals surface area contributed by atoms with E-state index in [1.807, 2.05) is 11.6 Å². The number of aromatic nitrogens is 3. The Bertz CT molecular complexity index is 277. The molecule has 1 aromatic heterocycles. The molecule has 0 amide bonds. The van der Waals surface area contributed by atoms with Crippen molar-refractivity contribution >= 4 is 0 Å². The van der Waals surface area contributed by atoms with Crippen LogP contribution in [0.5, 0.6) is 0 Å². The van der Waals surface area contributed by atoms with Gasteiger partial charge >= 0.3 is 0 Å². The number of hydrogen-bond acceptors (Lipinski definition) is 4. The molecule has 0 aliphatic rings. The lowest BCUT2D eigenvalue weighted by Crippen LogP contribution is -2.34. The highest BCUT2D eigenvalue weighted by atomic mass is 16.3. The summed E-state index contributed by atoms with van der Waals surface area (Å²) >= 11 is 0. The van der Waals surface area contributed by atoms with Gasteiger partial charge in [-0.25, -0.2) is 9.67 Å². The molecule has 0 unspecified atom stereocenters. The first-order chi connectivity index (χ1) is 6.53. The second kappa shape index (κ2) is 4.52. The van der Waals surface area contributed by atoms with Crippen molar-refractivity contribution in [2.75, 3.05) is 6.54 Å². The van der Waals surface area contributed by atoms with Crippen molar-refractivity contribution in [1.82, 2.24) is 20.1 Å². The van der Waals surface area contributed by atoms with E-state index in [9.17, 15) is 5.11 Å². The summed E-state index contributed by atoms with van der Waals surface area (Å²) in [5, 5.41) is 16.6. The number of nitrogens with one attached hydrogen (secondary N) is 1. The molecule has 0 bridgehead atoms. The maximum Gasteiger partial charge on any atom is 0.140 e. The Balaban J connectivity index is 2.38. The normalized spacial score (nSPS) is 12.0. The van der Waals surface area contributed by atoms with Crippen LogP contribution in [0.4, 0.5) is 0 Å². The Kier molecular flexibility index (Phi) is 3.60. The summed E-state index contributed by atoms with van der Waals surface area (Å²) in [6.07, 6.45) is 1.55. The molecule has 1 rings (SSSR count). The fraction of sp³-hybridized carbons (Fsp3) is 0.778. The van der Waals surface area contributed by atoms with Crippen molar-refractivity contribution in [2.45, 2.75) is 39.5 Å². The molecular formula is C9H18N4O. The molecule has 5 nitrogen and oxygen atoms in total. The molecule has 0 saturated carbocycles. The van der Waals surface area contributed by atoms with Gasteiger partial charge in [-0.15, -0.1) is 0 Å². The number of nitrogens with zero attached hydrogens (tertiary/aromatic N) is 3. The fourth-order valence-corrected chi connectivity index (χ4v) is 1.17. The molecule has 5 heteroatoms. The largest absolute Gasteiger partial charge is 0.389 e. The Morgan fingerprint density at radius 2 is 2.29 bits per heavy atom. The average molecular weight is 198 g/mol. The molecule has 1 aromatic rings. The predicted octanol–water partition coefficient (Wildman–Crippen LogP) is 0.158. The van der Waals surface area contributed by atoms with Crippen molar-refractivity contribution in [3.8, 4) is 0 Å². The Morgan fingerprint density at radius 1 is 1.57 bits per heavy atom. The van der Waals surface area contributed by atoms with Gasteiger partial charge in [-0.1, -0.05) is 0 Å². The van der Waals surface area contributed by atoms with Crippen molar-refractivity contribution in [1.29, 1.82) is 0 Å². The standard InChI is InChI=1S/C9H18N4O/c1-4-13-8(11-7-12-13)5-10-6-9(2,3)14/h7,10,14H,4-6H2,1-3H3. The van der Waals surface area contributed by atoms with Crippen molar-refractivity contribution in [2.24, 2.45) is 0 Å². The van der Waals surface area contributed by atoms with E-state index in [1.54, 1.807) is 20.2 Å². The third kappa shape index (κ3) is 3.43.